The molecule has 1 amide bonds. The van der Waals surface area contributed by atoms with Crippen LogP contribution < -0.4 is 5.32 Å². The van der Waals surface area contributed by atoms with Crippen LogP contribution in [-0.4, -0.2) is 36.2 Å². The van der Waals surface area contributed by atoms with Crippen molar-refractivity contribution >= 4 is 11.9 Å². The van der Waals surface area contributed by atoms with Gasteiger partial charge in [-0.2, -0.15) is 0 Å². The van der Waals surface area contributed by atoms with E-state index in [1.165, 1.54) is 0 Å². The molecule has 2 aliphatic rings. The number of carbonyl (C=O) groups is 2. The molecule has 2 N–H and O–H groups in total. The Labute approximate surface area is 132 Å². The highest BCUT2D eigenvalue weighted by Crippen LogP contribution is 2.48. The zero-order chi connectivity index (χ0) is 16.3. The van der Waals surface area contributed by atoms with Crippen molar-refractivity contribution < 1.29 is 19.4 Å². The van der Waals surface area contributed by atoms with Crippen LogP contribution in [0.2, 0.25) is 0 Å². The number of ether oxygens (including phenoxy) is 1. The average molecular weight is 311 g/mol. The summed E-state index contributed by atoms with van der Waals surface area (Å²) in [7, 11) is 1.74. The van der Waals surface area contributed by atoms with Crippen LogP contribution in [0.15, 0.2) is 0 Å². The molecule has 0 heterocycles. The van der Waals surface area contributed by atoms with Crippen molar-refractivity contribution in [3.8, 4) is 0 Å². The van der Waals surface area contributed by atoms with Crippen LogP contribution >= 0.6 is 0 Å². The van der Waals surface area contributed by atoms with Gasteiger partial charge in [-0.3, -0.25) is 9.59 Å². The number of hydrogen-bond donors (Lipinski definition) is 2. The fourth-order valence-corrected chi connectivity index (χ4v) is 4.42. The Morgan fingerprint density at radius 1 is 1.18 bits per heavy atom. The maximum atomic E-state index is 12.5. The first kappa shape index (κ1) is 17.3. The quantitative estimate of drug-likeness (QED) is 0.790. The smallest absolute Gasteiger partial charge is 0.306 e. The number of carboxylic acid groups (broad SMARTS) is 1. The SMILES string of the molecule is CCC1(CC)C(NC(=O)C2CCCC(C(=O)O)C2)CC1OC. The number of nitrogens with one attached hydrogen (secondary N) is 1. The Balaban J connectivity index is 1.96. The molecule has 2 fully saturated rings. The van der Waals surface area contributed by atoms with Gasteiger partial charge in [0, 0.05) is 24.5 Å². The summed E-state index contributed by atoms with van der Waals surface area (Å²) in [6.07, 6.45) is 5.85. The Hall–Kier alpha value is -1.10. The number of hydrogen-bond acceptors (Lipinski definition) is 3. The minimum absolute atomic E-state index is 0.0330. The molecule has 0 aromatic heterocycles. The third-order valence-electron chi connectivity index (χ3n) is 6.10. The number of methoxy groups -OCH3 is 1. The number of carbonyl (C=O) groups excluding carboxylic acids is 1. The second kappa shape index (κ2) is 6.99. The van der Waals surface area contributed by atoms with Crippen LogP contribution in [0.3, 0.4) is 0 Å². The van der Waals surface area contributed by atoms with E-state index in [1.54, 1.807) is 7.11 Å². The van der Waals surface area contributed by atoms with Gasteiger partial charge in [0.25, 0.3) is 0 Å². The second-order valence-corrected chi connectivity index (χ2v) is 6.86. The van der Waals surface area contributed by atoms with Crippen LogP contribution in [0.4, 0.5) is 0 Å². The first-order valence-electron chi connectivity index (χ1n) is 8.54. The van der Waals surface area contributed by atoms with E-state index < -0.39 is 5.97 Å². The van der Waals surface area contributed by atoms with Gasteiger partial charge in [0.2, 0.25) is 5.91 Å². The van der Waals surface area contributed by atoms with Crippen molar-refractivity contribution in [1.82, 2.24) is 5.32 Å². The summed E-state index contributed by atoms with van der Waals surface area (Å²) in [6.45, 7) is 4.30. The van der Waals surface area contributed by atoms with Gasteiger partial charge in [0.05, 0.1) is 12.0 Å². The molecule has 0 radical (unpaired) electrons. The maximum Gasteiger partial charge on any atom is 0.306 e. The first-order valence-corrected chi connectivity index (χ1v) is 8.54. The van der Waals surface area contributed by atoms with Crippen LogP contribution in [-0.2, 0) is 14.3 Å². The minimum Gasteiger partial charge on any atom is -0.481 e. The molecule has 5 heteroatoms. The molecule has 22 heavy (non-hydrogen) atoms. The summed E-state index contributed by atoms with van der Waals surface area (Å²) in [6, 6.07) is 0.158. The van der Waals surface area contributed by atoms with Gasteiger partial charge < -0.3 is 15.2 Å². The molecule has 0 spiro atoms. The highest BCUT2D eigenvalue weighted by atomic mass is 16.5. The third-order valence-corrected chi connectivity index (χ3v) is 6.10. The van der Waals surface area contributed by atoms with E-state index in [9.17, 15) is 9.59 Å². The van der Waals surface area contributed by atoms with E-state index in [1.807, 2.05) is 0 Å². The van der Waals surface area contributed by atoms with Gasteiger partial charge in [0.1, 0.15) is 0 Å². The fraction of sp³-hybridized carbons (Fsp3) is 0.882. The number of amides is 1. The predicted molar refractivity (Wildman–Crippen MR) is 83.4 cm³/mol. The second-order valence-electron chi connectivity index (χ2n) is 6.86. The summed E-state index contributed by atoms with van der Waals surface area (Å²) < 4.78 is 5.56. The normalized spacial score (nSPS) is 33.8. The van der Waals surface area contributed by atoms with E-state index in [2.05, 4.69) is 19.2 Å². The summed E-state index contributed by atoms with van der Waals surface area (Å²) in [4.78, 5) is 23.7. The maximum absolute atomic E-state index is 12.5. The molecule has 5 nitrogen and oxygen atoms in total. The van der Waals surface area contributed by atoms with Crippen molar-refractivity contribution in [2.45, 2.75) is 70.9 Å². The number of carboxylic acids is 1. The summed E-state index contributed by atoms with van der Waals surface area (Å²) in [5.74, 6) is -1.24. The topological polar surface area (TPSA) is 75.6 Å². The van der Waals surface area contributed by atoms with Crippen molar-refractivity contribution in [1.29, 1.82) is 0 Å². The molecule has 126 valence electrons. The minimum atomic E-state index is -0.767. The molecule has 0 saturated heterocycles. The molecule has 4 atom stereocenters. The Morgan fingerprint density at radius 2 is 1.82 bits per heavy atom. The van der Waals surface area contributed by atoms with E-state index in [0.29, 0.717) is 12.8 Å². The van der Waals surface area contributed by atoms with E-state index in [4.69, 9.17) is 9.84 Å². The van der Waals surface area contributed by atoms with E-state index >= 15 is 0 Å². The largest absolute Gasteiger partial charge is 0.481 e. The van der Waals surface area contributed by atoms with Crippen molar-refractivity contribution in [2.24, 2.45) is 17.3 Å². The Morgan fingerprint density at radius 3 is 2.36 bits per heavy atom. The molecule has 0 aromatic rings. The molecule has 4 unspecified atom stereocenters. The zero-order valence-corrected chi connectivity index (χ0v) is 13.9. The molecule has 0 aromatic carbocycles. The fourth-order valence-electron chi connectivity index (χ4n) is 4.42. The number of rotatable bonds is 6. The Bertz CT molecular complexity index is 419. The van der Waals surface area contributed by atoms with Gasteiger partial charge in [-0.1, -0.05) is 20.3 Å². The molecule has 2 saturated carbocycles. The van der Waals surface area contributed by atoms with E-state index in [-0.39, 0.29) is 35.3 Å². The van der Waals surface area contributed by atoms with Gasteiger partial charge in [-0.15, -0.1) is 0 Å². The molecule has 0 bridgehead atoms. The van der Waals surface area contributed by atoms with E-state index in [0.717, 1.165) is 32.1 Å². The lowest BCUT2D eigenvalue weighted by atomic mass is 9.58. The lowest BCUT2D eigenvalue weighted by Crippen LogP contribution is -2.64. The van der Waals surface area contributed by atoms with Gasteiger partial charge in [-0.05, 0) is 38.5 Å². The standard InChI is InChI=1S/C17H29NO4/c1-4-17(5-2)13(10-14(17)22-3)18-15(19)11-7-6-8-12(9-11)16(20)21/h11-14H,4-10H2,1-3H3,(H,18,19)(H,20,21). The number of aliphatic carboxylic acids is 1. The first-order chi connectivity index (χ1) is 10.5. The molecule has 2 aliphatic carbocycles. The van der Waals surface area contributed by atoms with Crippen LogP contribution in [0.25, 0.3) is 0 Å². The molecular weight excluding hydrogens is 282 g/mol. The highest BCUT2D eigenvalue weighted by Gasteiger charge is 2.53. The molecule has 0 aliphatic heterocycles. The van der Waals surface area contributed by atoms with Crippen LogP contribution in [0.5, 0.6) is 0 Å². The Kier molecular flexibility index (Phi) is 5.48. The van der Waals surface area contributed by atoms with Crippen molar-refractivity contribution in [3.63, 3.8) is 0 Å². The summed E-state index contributed by atoms with van der Waals surface area (Å²) in [5.41, 5.74) is 0.0330. The van der Waals surface area contributed by atoms with Gasteiger partial charge >= 0.3 is 5.97 Å². The summed E-state index contributed by atoms with van der Waals surface area (Å²) >= 11 is 0. The molecular formula is C17H29NO4. The lowest BCUT2D eigenvalue weighted by Gasteiger charge is -2.55. The lowest BCUT2D eigenvalue weighted by molar-refractivity contribution is -0.147. The van der Waals surface area contributed by atoms with Gasteiger partial charge in [0.15, 0.2) is 0 Å². The third kappa shape index (κ3) is 3.00. The zero-order valence-electron chi connectivity index (χ0n) is 13.9. The average Bonchev–Trinajstić information content (AvgIpc) is 2.52. The van der Waals surface area contributed by atoms with Crippen LogP contribution in [0, 0.1) is 17.3 Å². The van der Waals surface area contributed by atoms with Crippen LogP contribution in [0.1, 0.15) is 58.8 Å². The van der Waals surface area contributed by atoms with Crippen molar-refractivity contribution in [3.05, 3.63) is 0 Å². The van der Waals surface area contributed by atoms with Gasteiger partial charge in [-0.25, -0.2) is 0 Å². The summed E-state index contributed by atoms with van der Waals surface area (Å²) in [5, 5.41) is 12.3. The highest BCUT2D eigenvalue weighted by molar-refractivity contribution is 5.80. The predicted octanol–water partition coefficient (Wildman–Crippen LogP) is 2.59. The van der Waals surface area contributed by atoms with Crippen molar-refractivity contribution in [2.75, 3.05) is 7.11 Å². The molecule has 2 rings (SSSR count). The monoisotopic (exact) mass is 311 g/mol.